The number of ether oxygens (including phenoxy) is 1. The van der Waals surface area contributed by atoms with Gasteiger partial charge in [-0.2, -0.15) is 0 Å². The Morgan fingerprint density at radius 3 is 2.25 bits per heavy atom. The maximum atomic E-state index is 13.3. The predicted molar refractivity (Wildman–Crippen MR) is 226 cm³/mol. The minimum absolute atomic E-state index is 0.0434. The molecule has 60 heavy (non-hydrogen) atoms. The molecule has 6 N–H and O–H groups in total. The van der Waals surface area contributed by atoms with E-state index >= 15 is 0 Å². The number of nitrogens with zero attached hydrogens (tertiary/aromatic N) is 5. The molecule has 0 radical (unpaired) electrons. The molecule has 0 unspecified atom stereocenters. The average molecular weight is 826 g/mol. The zero-order valence-corrected chi connectivity index (χ0v) is 35.0. The first kappa shape index (κ1) is 44.7. The number of hydrogen-bond acceptors (Lipinski definition) is 11. The number of anilines is 2. The smallest absolute Gasteiger partial charge is 0.410 e. The summed E-state index contributed by atoms with van der Waals surface area (Å²) >= 11 is 0. The van der Waals surface area contributed by atoms with Crippen LogP contribution in [0, 0.1) is 5.92 Å². The summed E-state index contributed by atoms with van der Waals surface area (Å²) in [6, 6.07) is 12.5. The van der Waals surface area contributed by atoms with Crippen molar-refractivity contribution < 1.29 is 38.6 Å². The van der Waals surface area contributed by atoms with Gasteiger partial charge < -0.3 is 41.0 Å². The number of fused-ring (bicyclic) bond motifs is 3. The first-order valence-electron chi connectivity index (χ1n) is 20.2. The number of aromatic nitrogens is 3. The van der Waals surface area contributed by atoms with Crippen LogP contribution in [0.3, 0.4) is 0 Å². The highest BCUT2D eigenvalue weighted by Gasteiger charge is 2.28. The Hall–Kier alpha value is -6.36. The van der Waals surface area contributed by atoms with Crippen molar-refractivity contribution in [1.82, 2.24) is 35.0 Å². The number of unbranched alkanes of at least 4 members (excludes halogenated alkanes) is 2. The fraction of sp³-hybridized carbons (Fsp3) is 0.442. The molecule has 6 amide bonds. The van der Waals surface area contributed by atoms with Gasteiger partial charge in [-0.05, 0) is 70.2 Å². The standard InChI is InChI=1S/C43H55N9O8/c1-7-50(23-32-48-37-38(52(32)25-43(5,6)59)30-13-10-11-14-31(30)47-39(37)44)42(58)60-24-28-16-18-29(19-17-28)46-40(56)27(4)45-41(57)36(26(2)3)49-33(53)15-9-8-12-22-51-34(54)20-21-35(51)55/h10-11,13-14,16-21,26-27,36,59H,7-9,12,15,22-25H2,1-6H3,(H2,44,47)(H,45,57)(H,46,56)(H,49,53)/t27-,36-/m0/s1. The number of carbonyl (C=O) groups is 6. The van der Waals surface area contributed by atoms with Gasteiger partial charge in [0.2, 0.25) is 17.7 Å². The number of carbonyl (C=O) groups excluding carboxylic acids is 6. The number of nitrogen functional groups attached to an aromatic ring is 1. The van der Waals surface area contributed by atoms with Crippen molar-refractivity contribution in [2.45, 2.75) is 105 Å². The molecule has 0 spiro atoms. The van der Waals surface area contributed by atoms with Crippen molar-refractivity contribution >= 4 is 69.1 Å². The molecular weight excluding hydrogens is 771 g/mol. The van der Waals surface area contributed by atoms with Crippen LogP contribution in [0.5, 0.6) is 0 Å². The zero-order valence-electron chi connectivity index (χ0n) is 35.0. The molecule has 0 saturated carbocycles. The molecule has 2 atom stereocenters. The van der Waals surface area contributed by atoms with E-state index in [4.69, 9.17) is 15.5 Å². The van der Waals surface area contributed by atoms with Crippen molar-refractivity contribution in [2.24, 2.45) is 5.92 Å². The molecule has 0 saturated heterocycles. The summed E-state index contributed by atoms with van der Waals surface area (Å²) in [7, 11) is 0. The Morgan fingerprint density at radius 2 is 1.60 bits per heavy atom. The van der Waals surface area contributed by atoms with Crippen LogP contribution in [0.2, 0.25) is 0 Å². The third kappa shape index (κ3) is 11.4. The van der Waals surface area contributed by atoms with Crippen molar-refractivity contribution in [3.05, 3.63) is 72.1 Å². The SMILES string of the molecule is CCN(Cc1nc2c(N)nc3ccccc3c2n1CC(C)(C)O)C(=O)OCc1ccc(NC(=O)[C@H](C)NC(=O)[C@@H](NC(=O)CCCCCN2C(=O)C=CC2=O)C(C)C)cc1. The van der Waals surface area contributed by atoms with E-state index in [1.807, 2.05) is 35.8 Å². The number of nitrogens with one attached hydrogen (secondary N) is 3. The van der Waals surface area contributed by atoms with Crippen LogP contribution in [0.4, 0.5) is 16.3 Å². The van der Waals surface area contributed by atoms with Crippen molar-refractivity contribution in [3.8, 4) is 0 Å². The Balaban J connectivity index is 1.10. The quantitative estimate of drug-likeness (QED) is 0.0666. The molecule has 2 aromatic heterocycles. The van der Waals surface area contributed by atoms with Gasteiger partial charge in [0.15, 0.2) is 5.82 Å². The molecule has 17 heteroatoms. The van der Waals surface area contributed by atoms with Crippen molar-refractivity contribution in [2.75, 3.05) is 24.1 Å². The van der Waals surface area contributed by atoms with Gasteiger partial charge in [-0.3, -0.25) is 28.9 Å². The van der Waals surface area contributed by atoms with E-state index in [2.05, 4.69) is 20.9 Å². The average Bonchev–Trinajstić information content (AvgIpc) is 3.71. The lowest BCUT2D eigenvalue weighted by Gasteiger charge is -2.24. The van der Waals surface area contributed by atoms with E-state index < -0.39 is 35.6 Å². The molecule has 5 rings (SSSR count). The van der Waals surface area contributed by atoms with Crippen LogP contribution < -0.4 is 21.7 Å². The number of para-hydroxylation sites is 1. The van der Waals surface area contributed by atoms with Crippen LogP contribution in [-0.2, 0) is 48.4 Å². The van der Waals surface area contributed by atoms with Crippen molar-refractivity contribution in [1.29, 1.82) is 0 Å². The van der Waals surface area contributed by atoms with E-state index in [0.29, 0.717) is 53.9 Å². The van der Waals surface area contributed by atoms with Gasteiger partial charge in [-0.15, -0.1) is 0 Å². The third-order valence-electron chi connectivity index (χ3n) is 9.99. The number of pyridine rings is 1. The monoisotopic (exact) mass is 825 g/mol. The third-order valence-corrected chi connectivity index (χ3v) is 9.99. The number of imidazole rings is 1. The topological polar surface area (TPSA) is 231 Å². The second kappa shape index (κ2) is 19.6. The molecular formula is C43H55N9O8. The molecule has 3 heterocycles. The number of nitrogens with two attached hydrogens (primary N) is 1. The maximum absolute atomic E-state index is 13.3. The molecule has 1 aliphatic rings. The minimum atomic E-state index is -1.10. The molecule has 2 aromatic carbocycles. The van der Waals surface area contributed by atoms with Crippen LogP contribution in [0.25, 0.3) is 21.9 Å². The van der Waals surface area contributed by atoms with Gasteiger partial charge in [0.1, 0.15) is 30.0 Å². The predicted octanol–water partition coefficient (Wildman–Crippen LogP) is 4.17. The maximum Gasteiger partial charge on any atom is 0.410 e. The van der Waals surface area contributed by atoms with Gasteiger partial charge in [-0.25, -0.2) is 14.8 Å². The number of aliphatic hydroxyl groups is 1. The van der Waals surface area contributed by atoms with E-state index in [-0.39, 0.29) is 62.1 Å². The molecule has 320 valence electrons. The van der Waals surface area contributed by atoms with Crippen LogP contribution >= 0.6 is 0 Å². The Kier molecular flexibility index (Phi) is 14.6. The molecule has 4 aromatic rings. The normalized spacial score (nSPS) is 13.8. The summed E-state index contributed by atoms with van der Waals surface area (Å²) in [5.41, 5.74) is 8.25. The first-order valence-corrected chi connectivity index (χ1v) is 20.2. The van der Waals surface area contributed by atoms with Gasteiger partial charge in [0.25, 0.3) is 11.8 Å². The summed E-state index contributed by atoms with van der Waals surface area (Å²) in [4.78, 5) is 87.5. The van der Waals surface area contributed by atoms with Gasteiger partial charge in [0.05, 0.1) is 29.7 Å². The highest BCUT2D eigenvalue weighted by atomic mass is 16.6. The summed E-state index contributed by atoms with van der Waals surface area (Å²) in [6.45, 7) is 11.2. The van der Waals surface area contributed by atoms with Gasteiger partial charge in [0, 0.05) is 42.7 Å². The van der Waals surface area contributed by atoms with E-state index in [1.165, 1.54) is 17.1 Å². The number of benzene rings is 2. The number of rotatable bonds is 19. The fourth-order valence-corrected chi connectivity index (χ4v) is 6.76. The number of amides is 6. The lowest BCUT2D eigenvalue weighted by Crippen LogP contribution is -2.53. The van der Waals surface area contributed by atoms with Gasteiger partial charge in [-0.1, -0.05) is 50.6 Å². The largest absolute Gasteiger partial charge is 0.445 e. The second-order valence-corrected chi connectivity index (χ2v) is 15.9. The second-order valence-electron chi connectivity index (χ2n) is 15.9. The Labute approximate surface area is 348 Å². The fourth-order valence-electron chi connectivity index (χ4n) is 6.76. The molecule has 0 aliphatic carbocycles. The minimum Gasteiger partial charge on any atom is -0.445 e. The number of imide groups is 1. The highest BCUT2D eigenvalue weighted by Crippen LogP contribution is 2.30. The van der Waals surface area contributed by atoms with Crippen LogP contribution in [0.15, 0.2) is 60.7 Å². The van der Waals surface area contributed by atoms with E-state index in [1.54, 1.807) is 58.9 Å². The molecule has 1 aliphatic heterocycles. The molecule has 0 fully saturated rings. The summed E-state index contributed by atoms with van der Waals surface area (Å²) in [5, 5.41) is 19.8. The first-order chi connectivity index (χ1) is 28.4. The lowest BCUT2D eigenvalue weighted by molar-refractivity contribution is -0.137. The van der Waals surface area contributed by atoms with E-state index in [0.717, 1.165) is 15.8 Å². The summed E-state index contributed by atoms with van der Waals surface area (Å²) < 4.78 is 7.54. The zero-order chi connectivity index (χ0) is 43.7. The van der Waals surface area contributed by atoms with Crippen molar-refractivity contribution in [3.63, 3.8) is 0 Å². The highest BCUT2D eigenvalue weighted by molar-refractivity contribution is 6.13. The lowest BCUT2D eigenvalue weighted by atomic mass is 10.0. The number of hydrogen-bond donors (Lipinski definition) is 5. The summed E-state index contributed by atoms with van der Waals surface area (Å²) in [5.74, 6) is -1.45. The summed E-state index contributed by atoms with van der Waals surface area (Å²) in [6.07, 6.45) is 3.76. The van der Waals surface area contributed by atoms with Crippen LogP contribution in [0.1, 0.15) is 78.6 Å². The van der Waals surface area contributed by atoms with E-state index in [9.17, 15) is 33.9 Å². The van der Waals surface area contributed by atoms with Gasteiger partial charge >= 0.3 is 6.09 Å². The molecule has 0 bridgehead atoms. The Morgan fingerprint density at radius 1 is 0.917 bits per heavy atom. The Bertz CT molecular complexity index is 2240. The molecule has 17 nitrogen and oxygen atoms in total. The van der Waals surface area contributed by atoms with Crippen LogP contribution in [-0.4, -0.2) is 95.8 Å².